The van der Waals surface area contributed by atoms with Crippen LogP contribution in [0.3, 0.4) is 0 Å². The molecule has 1 unspecified atom stereocenters. The molecule has 0 aliphatic carbocycles. The molecule has 1 aromatic carbocycles. The van der Waals surface area contributed by atoms with Gasteiger partial charge in [-0.1, -0.05) is 6.07 Å². The summed E-state index contributed by atoms with van der Waals surface area (Å²) in [6, 6.07) is 3.00. The van der Waals surface area contributed by atoms with E-state index in [4.69, 9.17) is 0 Å². The van der Waals surface area contributed by atoms with Crippen molar-refractivity contribution in [2.24, 2.45) is 0 Å². The second kappa shape index (κ2) is 5.46. The third kappa shape index (κ3) is 3.67. The van der Waals surface area contributed by atoms with Crippen LogP contribution in [0.15, 0.2) is 18.2 Å². The van der Waals surface area contributed by atoms with Crippen LogP contribution < -0.4 is 5.32 Å². The van der Waals surface area contributed by atoms with E-state index in [1.54, 1.807) is 0 Å². The second-order valence-corrected chi connectivity index (χ2v) is 4.93. The minimum absolute atomic E-state index is 0.0865. The Morgan fingerprint density at radius 3 is 2.68 bits per heavy atom. The molecule has 2 nitrogen and oxygen atoms in total. The van der Waals surface area contributed by atoms with E-state index < -0.39 is 17.6 Å². The zero-order valence-corrected chi connectivity index (χ0v) is 10.6. The van der Waals surface area contributed by atoms with Gasteiger partial charge in [-0.05, 0) is 37.7 Å². The first-order chi connectivity index (χ1) is 8.86. The molecule has 0 aromatic heterocycles. The largest absolute Gasteiger partial charge is 0.416 e. The lowest BCUT2D eigenvalue weighted by atomic mass is 10.1. The number of nitrogens with zero attached hydrogens (tertiary/aromatic N) is 1. The van der Waals surface area contributed by atoms with E-state index in [1.807, 2.05) is 7.05 Å². The summed E-state index contributed by atoms with van der Waals surface area (Å²) >= 11 is 0. The molecule has 0 spiro atoms. The minimum Gasteiger partial charge on any atom is -0.309 e. The molecule has 1 atom stereocenters. The summed E-state index contributed by atoms with van der Waals surface area (Å²) in [4.78, 5) is 2.12. The highest BCUT2D eigenvalue weighted by Gasteiger charge is 2.33. The molecule has 1 aromatic rings. The van der Waals surface area contributed by atoms with Crippen molar-refractivity contribution in [3.63, 3.8) is 0 Å². The predicted octanol–water partition coefficient (Wildman–Crippen LogP) is 2.64. The van der Waals surface area contributed by atoms with Crippen LogP contribution in [-0.2, 0) is 12.7 Å². The van der Waals surface area contributed by atoms with Crippen molar-refractivity contribution in [2.45, 2.75) is 25.2 Å². The fourth-order valence-electron chi connectivity index (χ4n) is 2.32. The summed E-state index contributed by atoms with van der Waals surface area (Å²) in [5, 5.41) is 3.10. The van der Waals surface area contributed by atoms with E-state index in [-0.39, 0.29) is 18.2 Å². The lowest BCUT2D eigenvalue weighted by Crippen LogP contribution is -2.31. The van der Waals surface area contributed by atoms with Gasteiger partial charge in [0.2, 0.25) is 0 Å². The summed E-state index contributed by atoms with van der Waals surface area (Å²) in [5.74, 6) is -0.864. The second-order valence-electron chi connectivity index (χ2n) is 4.93. The number of halogens is 4. The molecule has 1 aliphatic heterocycles. The monoisotopic (exact) mass is 276 g/mol. The Hall–Kier alpha value is -1.14. The summed E-state index contributed by atoms with van der Waals surface area (Å²) in [7, 11) is 1.97. The Bertz CT molecular complexity index is 445. The smallest absolute Gasteiger partial charge is 0.309 e. The van der Waals surface area contributed by atoms with Gasteiger partial charge >= 0.3 is 6.18 Å². The highest BCUT2D eigenvalue weighted by molar-refractivity contribution is 5.30. The standard InChI is InChI=1S/C13H16F4N2/c1-19-5-4-11(8-19)18-7-9-2-3-10(14)6-12(9)13(15,16)17/h2-3,6,11,18H,4-5,7-8H2,1H3. The molecule has 1 N–H and O–H groups in total. The van der Waals surface area contributed by atoms with Gasteiger partial charge in [0.25, 0.3) is 0 Å². The normalized spacial score (nSPS) is 21.0. The first-order valence-corrected chi connectivity index (χ1v) is 6.14. The van der Waals surface area contributed by atoms with Crippen molar-refractivity contribution >= 4 is 0 Å². The number of hydrogen-bond acceptors (Lipinski definition) is 2. The Balaban J connectivity index is 2.07. The predicted molar refractivity (Wildman–Crippen MR) is 64.1 cm³/mol. The maximum atomic E-state index is 12.9. The fourth-order valence-corrected chi connectivity index (χ4v) is 2.32. The minimum atomic E-state index is -4.52. The molecule has 1 saturated heterocycles. The quantitative estimate of drug-likeness (QED) is 0.854. The number of likely N-dealkylation sites (tertiary alicyclic amines) is 1. The molecule has 0 radical (unpaired) electrons. The number of alkyl halides is 3. The van der Waals surface area contributed by atoms with Gasteiger partial charge in [0.05, 0.1) is 5.56 Å². The van der Waals surface area contributed by atoms with Crippen molar-refractivity contribution in [3.8, 4) is 0 Å². The van der Waals surface area contributed by atoms with Crippen LogP contribution in [0, 0.1) is 5.82 Å². The van der Waals surface area contributed by atoms with Crippen LogP contribution in [0.1, 0.15) is 17.5 Å². The summed E-state index contributed by atoms with van der Waals surface area (Å²) in [6.45, 7) is 1.86. The average Bonchev–Trinajstić information content (AvgIpc) is 2.72. The van der Waals surface area contributed by atoms with Gasteiger partial charge in [0.1, 0.15) is 5.82 Å². The average molecular weight is 276 g/mol. The SMILES string of the molecule is CN1CCC(NCc2ccc(F)cc2C(F)(F)F)C1. The molecule has 0 bridgehead atoms. The molecular weight excluding hydrogens is 260 g/mol. The first kappa shape index (κ1) is 14.3. The van der Waals surface area contributed by atoms with Crippen LogP contribution in [0.25, 0.3) is 0 Å². The number of hydrogen-bond donors (Lipinski definition) is 1. The summed E-state index contributed by atoms with van der Waals surface area (Å²) in [6.07, 6.45) is -3.61. The fraction of sp³-hybridized carbons (Fsp3) is 0.538. The molecule has 0 amide bonds. The Kier molecular flexibility index (Phi) is 4.10. The van der Waals surface area contributed by atoms with E-state index >= 15 is 0 Å². The van der Waals surface area contributed by atoms with Gasteiger partial charge in [-0.2, -0.15) is 13.2 Å². The van der Waals surface area contributed by atoms with Crippen molar-refractivity contribution in [1.29, 1.82) is 0 Å². The zero-order valence-electron chi connectivity index (χ0n) is 10.6. The maximum Gasteiger partial charge on any atom is 0.416 e. The van der Waals surface area contributed by atoms with Crippen LogP contribution in [0.5, 0.6) is 0 Å². The van der Waals surface area contributed by atoms with Gasteiger partial charge in [0, 0.05) is 19.1 Å². The number of likely N-dealkylation sites (N-methyl/N-ethyl adjacent to an activating group) is 1. The molecule has 1 fully saturated rings. The Morgan fingerprint density at radius 2 is 2.11 bits per heavy atom. The molecule has 2 rings (SSSR count). The van der Waals surface area contributed by atoms with E-state index in [0.29, 0.717) is 6.07 Å². The van der Waals surface area contributed by atoms with Crippen molar-refractivity contribution in [1.82, 2.24) is 10.2 Å². The van der Waals surface area contributed by atoms with E-state index in [2.05, 4.69) is 10.2 Å². The van der Waals surface area contributed by atoms with E-state index in [9.17, 15) is 17.6 Å². The van der Waals surface area contributed by atoms with Crippen molar-refractivity contribution in [3.05, 3.63) is 35.1 Å². The highest BCUT2D eigenvalue weighted by Crippen LogP contribution is 2.32. The number of rotatable bonds is 3. The molecule has 19 heavy (non-hydrogen) atoms. The summed E-state index contributed by atoms with van der Waals surface area (Å²) < 4.78 is 51.3. The van der Waals surface area contributed by atoms with Crippen LogP contribution in [0.2, 0.25) is 0 Å². The lowest BCUT2D eigenvalue weighted by molar-refractivity contribution is -0.138. The van der Waals surface area contributed by atoms with Crippen LogP contribution >= 0.6 is 0 Å². The first-order valence-electron chi connectivity index (χ1n) is 6.14. The third-order valence-electron chi connectivity index (χ3n) is 3.35. The van der Waals surface area contributed by atoms with Gasteiger partial charge in [-0.3, -0.25) is 0 Å². The van der Waals surface area contributed by atoms with Gasteiger partial charge in [-0.15, -0.1) is 0 Å². The highest BCUT2D eigenvalue weighted by atomic mass is 19.4. The molecule has 1 aliphatic rings. The van der Waals surface area contributed by atoms with Crippen molar-refractivity contribution < 1.29 is 17.6 Å². The summed E-state index contributed by atoms with van der Waals surface area (Å²) in [5.41, 5.74) is -0.810. The van der Waals surface area contributed by atoms with E-state index in [1.165, 1.54) is 6.07 Å². The maximum absolute atomic E-state index is 12.9. The number of benzene rings is 1. The van der Waals surface area contributed by atoms with Gasteiger partial charge in [-0.25, -0.2) is 4.39 Å². The number of nitrogens with one attached hydrogen (secondary N) is 1. The van der Waals surface area contributed by atoms with Crippen LogP contribution in [-0.4, -0.2) is 31.1 Å². The lowest BCUT2D eigenvalue weighted by Gasteiger charge is -2.16. The molecule has 0 saturated carbocycles. The van der Waals surface area contributed by atoms with E-state index in [0.717, 1.165) is 25.6 Å². The third-order valence-corrected chi connectivity index (χ3v) is 3.35. The van der Waals surface area contributed by atoms with Gasteiger partial charge < -0.3 is 10.2 Å². The topological polar surface area (TPSA) is 15.3 Å². The zero-order chi connectivity index (χ0) is 14.0. The Labute approximate surface area is 109 Å². The van der Waals surface area contributed by atoms with Crippen molar-refractivity contribution in [2.75, 3.05) is 20.1 Å². The van der Waals surface area contributed by atoms with Gasteiger partial charge in [0.15, 0.2) is 0 Å². The molecule has 1 heterocycles. The Morgan fingerprint density at radius 1 is 1.37 bits per heavy atom. The molecule has 6 heteroatoms. The van der Waals surface area contributed by atoms with Crippen LogP contribution in [0.4, 0.5) is 17.6 Å². The molecule has 106 valence electrons. The molecular formula is C13H16F4N2.